The standard InChI is InChI=1S/C11H11ClN2O3S/c1-17-14-10(15)5-9-11(16)13-7-4-6(12)2-3-8(7)18-9/h2-4,9H,5H2,1H3,(H,13,16)(H,14,15)/t9-/m0/s1. The number of hydroxylamine groups is 1. The van der Waals surface area contributed by atoms with E-state index in [9.17, 15) is 9.59 Å². The molecular weight excluding hydrogens is 276 g/mol. The molecule has 1 atom stereocenters. The summed E-state index contributed by atoms with van der Waals surface area (Å²) in [5.41, 5.74) is 2.87. The fraction of sp³-hybridized carbons (Fsp3) is 0.273. The number of halogens is 1. The van der Waals surface area contributed by atoms with Crippen molar-refractivity contribution in [3.63, 3.8) is 0 Å². The predicted octanol–water partition coefficient (Wildman–Crippen LogP) is 1.82. The quantitative estimate of drug-likeness (QED) is 0.832. The highest BCUT2D eigenvalue weighted by molar-refractivity contribution is 8.01. The van der Waals surface area contributed by atoms with E-state index in [4.69, 9.17) is 11.6 Å². The number of fused-ring (bicyclic) bond motifs is 1. The van der Waals surface area contributed by atoms with Crippen LogP contribution < -0.4 is 10.8 Å². The molecule has 2 rings (SSSR count). The fourth-order valence-electron chi connectivity index (χ4n) is 1.58. The molecule has 18 heavy (non-hydrogen) atoms. The number of thioether (sulfide) groups is 1. The molecule has 0 fully saturated rings. The SMILES string of the molecule is CONC(=O)C[C@@H]1Sc2ccc(Cl)cc2NC1=O. The second kappa shape index (κ2) is 5.60. The normalized spacial score (nSPS) is 17.9. The Morgan fingerprint density at radius 3 is 3.11 bits per heavy atom. The zero-order valence-corrected chi connectivity index (χ0v) is 11.1. The van der Waals surface area contributed by atoms with E-state index in [1.165, 1.54) is 18.9 Å². The fourth-order valence-corrected chi connectivity index (χ4v) is 2.84. The van der Waals surface area contributed by atoms with Crippen LogP contribution in [0.2, 0.25) is 5.02 Å². The first kappa shape index (κ1) is 13.2. The summed E-state index contributed by atoms with van der Waals surface area (Å²) in [7, 11) is 1.35. The van der Waals surface area contributed by atoms with E-state index in [0.717, 1.165) is 4.90 Å². The Hall–Kier alpha value is -1.24. The summed E-state index contributed by atoms with van der Waals surface area (Å²) in [5.74, 6) is -0.538. The summed E-state index contributed by atoms with van der Waals surface area (Å²) in [5, 5.41) is 2.83. The molecule has 1 aromatic rings. The number of rotatable bonds is 3. The van der Waals surface area contributed by atoms with Crippen LogP contribution in [0, 0.1) is 0 Å². The maximum absolute atomic E-state index is 11.8. The molecular formula is C11H11ClN2O3S. The molecule has 0 radical (unpaired) electrons. The molecule has 1 aliphatic rings. The van der Waals surface area contributed by atoms with Crippen LogP contribution in [0.5, 0.6) is 0 Å². The first-order valence-corrected chi connectivity index (χ1v) is 6.45. The Morgan fingerprint density at radius 2 is 2.39 bits per heavy atom. The average molecular weight is 287 g/mol. The lowest BCUT2D eigenvalue weighted by Crippen LogP contribution is -2.34. The Balaban J connectivity index is 2.11. The Bertz CT molecular complexity index is 495. The van der Waals surface area contributed by atoms with Gasteiger partial charge in [-0.1, -0.05) is 11.6 Å². The zero-order valence-electron chi connectivity index (χ0n) is 9.53. The largest absolute Gasteiger partial charge is 0.324 e. The third-order valence-electron chi connectivity index (χ3n) is 2.35. The van der Waals surface area contributed by atoms with E-state index in [1.807, 2.05) is 6.07 Å². The molecule has 7 heteroatoms. The minimum Gasteiger partial charge on any atom is -0.324 e. The van der Waals surface area contributed by atoms with Crippen molar-refractivity contribution < 1.29 is 14.4 Å². The summed E-state index contributed by atoms with van der Waals surface area (Å²) in [6, 6.07) is 5.26. The van der Waals surface area contributed by atoms with Crippen molar-refractivity contribution in [2.45, 2.75) is 16.6 Å². The van der Waals surface area contributed by atoms with E-state index in [0.29, 0.717) is 10.7 Å². The third-order valence-corrected chi connectivity index (χ3v) is 3.86. The predicted molar refractivity (Wildman–Crippen MR) is 69.5 cm³/mol. The molecule has 96 valence electrons. The van der Waals surface area contributed by atoms with Gasteiger partial charge in [-0.05, 0) is 18.2 Å². The molecule has 1 aromatic carbocycles. The number of carbonyl (C=O) groups excluding carboxylic acids is 2. The number of amides is 2. The zero-order chi connectivity index (χ0) is 13.1. The lowest BCUT2D eigenvalue weighted by molar-refractivity contribution is -0.132. The van der Waals surface area contributed by atoms with Crippen molar-refractivity contribution in [1.82, 2.24) is 5.48 Å². The molecule has 2 N–H and O–H groups in total. The highest BCUT2D eigenvalue weighted by Crippen LogP contribution is 2.38. The van der Waals surface area contributed by atoms with Crippen LogP contribution in [0.1, 0.15) is 6.42 Å². The van der Waals surface area contributed by atoms with Gasteiger partial charge >= 0.3 is 0 Å². The summed E-state index contributed by atoms with van der Waals surface area (Å²) in [6.45, 7) is 0. The van der Waals surface area contributed by atoms with Gasteiger partial charge in [0.2, 0.25) is 11.8 Å². The average Bonchev–Trinajstić information content (AvgIpc) is 2.31. The number of hydrogen-bond acceptors (Lipinski definition) is 4. The third kappa shape index (κ3) is 2.95. The molecule has 0 saturated carbocycles. The Labute approximate surface area is 113 Å². The van der Waals surface area contributed by atoms with E-state index < -0.39 is 5.25 Å². The van der Waals surface area contributed by atoms with Gasteiger partial charge in [0.25, 0.3) is 0 Å². The van der Waals surface area contributed by atoms with E-state index in [1.54, 1.807) is 12.1 Å². The van der Waals surface area contributed by atoms with Crippen molar-refractivity contribution in [1.29, 1.82) is 0 Å². The van der Waals surface area contributed by atoms with Crippen molar-refractivity contribution in [2.24, 2.45) is 0 Å². The molecule has 2 amide bonds. The van der Waals surface area contributed by atoms with Gasteiger partial charge < -0.3 is 5.32 Å². The van der Waals surface area contributed by atoms with Crippen LogP contribution in [-0.4, -0.2) is 24.2 Å². The minimum atomic E-state index is -0.464. The summed E-state index contributed by atoms with van der Waals surface area (Å²) >= 11 is 7.19. The Morgan fingerprint density at radius 1 is 1.61 bits per heavy atom. The van der Waals surface area contributed by atoms with Gasteiger partial charge in [0.1, 0.15) is 0 Å². The molecule has 0 saturated heterocycles. The highest BCUT2D eigenvalue weighted by Gasteiger charge is 2.29. The molecule has 5 nitrogen and oxygen atoms in total. The Kier molecular flexibility index (Phi) is 4.11. The van der Waals surface area contributed by atoms with Crippen LogP contribution >= 0.6 is 23.4 Å². The van der Waals surface area contributed by atoms with Crippen molar-refractivity contribution in [2.75, 3.05) is 12.4 Å². The van der Waals surface area contributed by atoms with Crippen LogP contribution in [0.25, 0.3) is 0 Å². The first-order valence-electron chi connectivity index (χ1n) is 5.19. The van der Waals surface area contributed by atoms with Gasteiger partial charge in [-0.2, -0.15) is 0 Å². The van der Waals surface area contributed by atoms with Gasteiger partial charge in [0, 0.05) is 16.3 Å². The lowest BCUT2D eigenvalue weighted by Gasteiger charge is -2.23. The summed E-state index contributed by atoms with van der Waals surface area (Å²) in [4.78, 5) is 28.6. The lowest BCUT2D eigenvalue weighted by atomic mass is 10.2. The van der Waals surface area contributed by atoms with Crippen molar-refractivity contribution in [3.8, 4) is 0 Å². The molecule has 0 unspecified atom stereocenters. The van der Waals surface area contributed by atoms with Crippen molar-refractivity contribution in [3.05, 3.63) is 23.2 Å². The van der Waals surface area contributed by atoms with Gasteiger partial charge in [0.05, 0.1) is 18.0 Å². The van der Waals surface area contributed by atoms with Crippen LogP contribution in [0.3, 0.4) is 0 Å². The summed E-state index contributed by atoms with van der Waals surface area (Å²) < 4.78 is 0. The second-order valence-electron chi connectivity index (χ2n) is 3.67. The van der Waals surface area contributed by atoms with E-state index in [2.05, 4.69) is 15.6 Å². The van der Waals surface area contributed by atoms with Gasteiger partial charge in [-0.15, -0.1) is 11.8 Å². The number of anilines is 1. The van der Waals surface area contributed by atoms with E-state index in [-0.39, 0.29) is 18.2 Å². The molecule has 1 heterocycles. The molecule has 1 aliphatic heterocycles. The smallest absolute Gasteiger partial charge is 0.245 e. The first-order chi connectivity index (χ1) is 8.60. The second-order valence-corrected chi connectivity index (χ2v) is 5.35. The van der Waals surface area contributed by atoms with Gasteiger partial charge in [-0.25, -0.2) is 5.48 Å². The van der Waals surface area contributed by atoms with Crippen molar-refractivity contribution >= 4 is 40.9 Å². The molecule has 0 spiro atoms. The summed E-state index contributed by atoms with van der Waals surface area (Å²) in [6.07, 6.45) is 0.0619. The van der Waals surface area contributed by atoms with E-state index >= 15 is 0 Å². The maximum atomic E-state index is 11.8. The monoisotopic (exact) mass is 286 g/mol. The number of nitrogens with one attached hydrogen (secondary N) is 2. The number of benzene rings is 1. The number of carbonyl (C=O) groups is 2. The highest BCUT2D eigenvalue weighted by atomic mass is 35.5. The van der Waals surface area contributed by atoms with Gasteiger partial charge in [-0.3, -0.25) is 14.4 Å². The maximum Gasteiger partial charge on any atom is 0.245 e. The minimum absolute atomic E-state index is 0.0619. The van der Waals surface area contributed by atoms with Crippen LogP contribution in [-0.2, 0) is 14.4 Å². The number of hydrogen-bond donors (Lipinski definition) is 2. The molecule has 0 aromatic heterocycles. The molecule has 0 aliphatic carbocycles. The van der Waals surface area contributed by atoms with Crippen LogP contribution in [0.4, 0.5) is 5.69 Å². The van der Waals surface area contributed by atoms with Gasteiger partial charge in [0.15, 0.2) is 0 Å². The topological polar surface area (TPSA) is 67.4 Å². The molecule has 0 bridgehead atoms. The van der Waals surface area contributed by atoms with Crippen LogP contribution in [0.15, 0.2) is 23.1 Å².